The number of benzene rings is 1. The highest BCUT2D eigenvalue weighted by atomic mass is 19.4. The predicted octanol–water partition coefficient (Wildman–Crippen LogP) is 2.22. The van der Waals surface area contributed by atoms with Gasteiger partial charge in [-0.3, -0.25) is 14.4 Å². The maximum atomic E-state index is 12.5. The average Bonchev–Trinajstić information content (AvgIpc) is 3.21. The Labute approximate surface area is 157 Å². The molecule has 3 amide bonds. The molecule has 0 unspecified atom stereocenters. The van der Waals surface area contributed by atoms with E-state index in [1.54, 1.807) is 6.07 Å². The summed E-state index contributed by atoms with van der Waals surface area (Å²) in [6, 6.07) is 6.93. The van der Waals surface area contributed by atoms with Gasteiger partial charge in [-0.1, -0.05) is 0 Å². The number of carbonyl (C=O) groups excluding carboxylic acids is 3. The van der Waals surface area contributed by atoms with Crippen LogP contribution in [0.25, 0.3) is 0 Å². The molecule has 0 spiro atoms. The smallest absolute Gasteiger partial charge is 0.416 e. The van der Waals surface area contributed by atoms with Crippen molar-refractivity contribution < 1.29 is 32.0 Å². The summed E-state index contributed by atoms with van der Waals surface area (Å²) in [4.78, 5) is 39.3. The van der Waals surface area contributed by atoms with Gasteiger partial charge in [0.1, 0.15) is 0 Å². The molecule has 10 heteroatoms. The molecular formula is C18H16F3N3O4. The number of alkyl halides is 3. The van der Waals surface area contributed by atoms with Crippen molar-refractivity contribution in [2.45, 2.75) is 6.18 Å². The first-order chi connectivity index (χ1) is 13.3. The summed E-state index contributed by atoms with van der Waals surface area (Å²) in [5.41, 5.74) is -0.771. The largest absolute Gasteiger partial charge is 0.459 e. The Morgan fingerprint density at radius 3 is 2.07 bits per heavy atom. The first kappa shape index (κ1) is 19.5. The van der Waals surface area contributed by atoms with E-state index in [4.69, 9.17) is 4.42 Å². The Balaban J connectivity index is 1.53. The normalized spacial score (nSPS) is 14.7. The number of halogens is 3. The minimum Gasteiger partial charge on any atom is -0.459 e. The van der Waals surface area contributed by atoms with Gasteiger partial charge in [-0.25, -0.2) is 0 Å². The van der Waals surface area contributed by atoms with E-state index in [-0.39, 0.29) is 43.5 Å². The van der Waals surface area contributed by atoms with Crippen molar-refractivity contribution in [3.63, 3.8) is 0 Å². The molecule has 0 bridgehead atoms. The predicted molar refractivity (Wildman–Crippen MR) is 91.3 cm³/mol. The van der Waals surface area contributed by atoms with Gasteiger partial charge >= 0.3 is 18.0 Å². The molecule has 148 valence electrons. The van der Waals surface area contributed by atoms with Gasteiger partial charge in [-0.2, -0.15) is 13.2 Å². The van der Waals surface area contributed by atoms with Gasteiger partial charge in [0.25, 0.3) is 5.91 Å². The second kappa shape index (κ2) is 7.75. The van der Waals surface area contributed by atoms with Gasteiger partial charge in [-0.15, -0.1) is 0 Å². The number of amides is 3. The van der Waals surface area contributed by atoms with Crippen LogP contribution in [-0.2, 0) is 15.8 Å². The number of hydrogen-bond donors (Lipinski definition) is 1. The molecule has 1 aliphatic rings. The molecule has 2 heterocycles. The summed E-state index contributed by atoms with van der Waals surface area (Å²) in [6.07, 6.45) is -3.09. The summed E-state index contributed by atoms with van der Waals surface area (Å²) in [5.74, 6) is -1.87. The van der Waals surface area contributed by atoms with Crippen LogP contribution in [0, 0.1) is 0 Å². The van der Waals surface area contributed by atoms with Gasteiger partial charge in [0.15, 0.2) is 5.76 Å². The maximum absolute atomic E-state index is 12.5. The van der Waals surface area contributed by atoms with Gasteiger partial charge in [0, 0.05) is 31.9 Å². The SMILES string of the molecule is O=C(Nc1ccc(C(F)(F)F)cc1)C(=O)N1CCN(C(=O)c2ccco2)CC1. The lowest BCUT2D eigenvalue weighted by atomic mass is 10.2. The van der Waals surface area contributed by atoms with E-state index in [1.165, 1.54) is 22.1 Å². The molecule has 1 N–H and O–H groups in total. The zero-order valence-corrected chi connectivity index (χ0v) is 14.5. The Kier molecular flexibility index (Phi) is 5.39. The second-order valence-electron chi connectivity index (χ2n) is 6.09. The van der Waals surface area contributed by atoms with Gasteiger partial charge in [-0.05, 0) is 36.4 Å². The van der Waals surface area contributed by atoms with E-state index in [9.17, 15) is 27.6 Å². The second-order valence-corrected chi connectivity index (χ2v) is 6.09. The highest BCUT2D eigenvalue weighted by molar-refractivity contribution is 6.39. The molecule has 1 aliphatic heterocycles. The molecule has 0 saturated carbocycles. The molecule has 2 aromatic rings. The number of carbonyl (C=O) groups is 3. The third-order valence-corrected chi connectivity index (χ3v) is 4.25. The van der Waals surface area contributed by atoms with Gasteiger partial charge < -0.3 is 19.5 Å². The number of furan rings is 1. The first-order valence-corrected chi connectivity index (χ1v) is 8.36. The maximum Gasteiger partial charge on any atom is 0.416 e. The van der Waals surface area contributed by atoms with E-state index in [2.05, 4.69) is 5.32 Å². The average molecular weight is 395 g/mol. The van der Waals surface area contributed by atoms with E-state index in [0.717, 1.165) is 24.3 Å². The van der Waals surface area contributed by atoms with Crippen molar-refractivity contribution in [3.8, 4) is 0 Å². The van der Waals surface area contributed by atoms with E-state index in [1.807, 2.05) is 0 Å². The quantitative estimate of drug-likeness (QED) is 0.791. The Bertz CT molecular complexity index is 855. The summed E-state index contributed by atoms with van der Waals surface area (Å²) >= 11 is 0. The highest BCUT2D eigenvalue weighted by Crippen LogP contribution is 2.29. The van der Waals surface area contributed by atoms with Crippen molar-refractivity contribution in [1.29, 1.82) is 0 Å². The molecule has 1 aromatic carbocycles. The molecule has 7 nitrogen and oxygen atoms in total. The number of rotatable bonds is 2. The molecule has 0 radical (unpaired) electrons. The van der Waals surface area contributed by atoms with Crippen LogP contribution in [0.3, 0.4) is 0 Å². The molecule has 1 saturated heterocycles. The van der Waals surface area contributed by atoms with Crippen LogP contribution in [0.1, 0.15) is 16.1 Å². The number of anilines is 1. The summed E-state index contributed by atoms with van der Waals surface area (Å²) in [5, 5.41) is 2.28. The monoisotopic (exact) mass is 395 g/mol. The topological polar surface area (TPSA) is 82.9 Å². The van der Waals surface area contributed by atoms with Crippen LogP contribution in [0.2, 0.25) is 0 Å². The Hall–Kier alpha value is -3.30. The third-order valence-electron chi connectivity index (χ3n) is 4.25. The van der Waals surface area contributed by atoms with Crippen molar-refractivity contribution >= 4 is 23.4 Å². The van der Waals surface area contributed by atoms with Crippen LogP contribution in [-0.4, -0.2) is 53.7 Å². The number of nitrogens with zero attached hydrogens (tertiary/aromatic N) is 2. The molecule has 0 aliphatic carbocycles. The van der Waals surface area contributed by atoms with Crippen LogP contribution in [0.15, 0.2) is 47.1 Å². The Morgan fingerprint density at radius 1 is 0.929 bits per heavy atom. The fourth-order valence-corrected chi connectivity index (χ4v) is 2.74. The first-order valence-electron chi connectivity index (χ1n) is 8.36. The molecule has 0 atom stereocenters. The minimum atomic E-state index is -4.48. The third kappa shape index (κ3) is 4.33. The molecular weight excluding hydrogens is 379 g/mol. The van der Waals surface area contributed by atoms with Crippen molar-refractivity contribution in [3.05, 3.63) is 54.0 Å². The lowest BCUT2D eigenvalue weighted by Gasteiger charge is -2.33. The van der Waals surface area contributed by atoms with Crippen LogP contribution in [0.4, 0.5) is 18.9 Å². The standard InChI is InChI=1S/C18H16F3N3O4/c19-18(20,21)12-3-5-13(6-4-12)22-15(25)17(27)24-9-7-23(8-10-24)16(26)14-2-1-11-28-14/h1-6,11H,7-10H2,(H,22,25). The van der Waals surface area contributed by atoms with E-state index >= 15 is 0 Å². The van der Waals surface area contributed by atoms with Gasteiger partial charge in [0.2, 0.25) is 0 Å². The molecule has 1 fully saturated rings. The molecule has 28 heavy (non-hydrogen) atoms. The van der Waals surface area contributed by atoms with Crippen LogP contribution < -0.4 is 5.32 Å². The zero-order valence-electron chi connectivity index (χ0n) is 14.5. The summed E-state index contributed by atoms with van der Waals surface area (Å²) in [6.45, 7) is 0.787. The highest BCUT2D eigenvalue weighted by Gasteiger charge is 2.31. The van der Waals surface area contributed by atoms with Crippen molar-refractivity contribution in [2.24, 2.45) is 0 Å². The van der Waals surface area contributed by atoms with Crippen LogP contribution in [0.5, 0.6) is 0 Å². The number of hydrogen-bond acceptors (Lipinski definition) is 4. The lowest BCUT2D eigenvalue weighted by molar-refractivity contribution is -0.144. The molecule has 1 aromatic heterocycles. The lowest BCUT2D eigenvalue weighted by Crippen LogP contribution is -2.52. The minimum absolute atomic E-state index is 0.0815. The fraction of sp³-hybridized carbons (Fsp3) is 0.278. The number of piperazine rings is 1. The van der Waals surface area contributed by atoms with Gasteiger partial charge in [0.05, 0.1) is 11.8 Å². The van der Waals surface area contributed by atoms with E-state index in [0.29, 0.717) is 0 Å². The summed E-state index contributed by atoms with van der Waals surface area (Å²) < 4.78 is 42.7. The number of nitrogens with one attached hydrogen (secondary N) is 1. The Morgan fingerprint density at radius 2 is 1.54 bits per heavy atom. The van der Waals surface area contributed by atoms with Crippen molar-refractivity contribution in [1.82, 2.24) is 9.80 Å². The zero-order chi connectivity index (χ0) is 20.3. The molecule has 3 rings (SSSR count). The van der Waals surface area contributed by atoms with Crippen molar-refractivity contribution in [2.75, 3.05) is 31.5 Å². The summed E-state index contributed by atoms with van der Waals surface area (Å²) in [7, 11) is 0. The fourth-order valence-electron chi connectivity index (χ4n) is 2.74. The van der Waals surface area contributed by atoms with Crippen LogP contribution >= 0.6 is 0 Å². The van der Waals surface area contributed by atoms with E-state index < -0.39 is 23.6 Å².